The summed E-state index contributed by atoms with van der Waals surface area (Å²) in [4.78, 5) is 125. The van der Waals surface area contributed by atoms with E-state index in [1.54, 1.807) is 31.2 Å². The first-order valence-corrected chi connectivity index (χ1v) is 30.5. The second-order valence-corrected chi connectivity index (χ2v) is 25.0. The Morgan fingerprint density at radius 1 is 0.783 bits per heavy atom. The number of unbranched alkanes of at least 4 members (excludes halogenated alkanes) is 2. The molecule has 33 heteroatoms. The Morgan fingerprint density at radius 3 is 1.92 bits per heavy atom. The SMILES string of the molecule is CC(C)[C@H](CC(=O)CCCCCN1C(=O)C=CC1=O)C(=O)N[C@@H](C)C(=O)Cc1ccc(COC(=O)NC2[C@H]3OP(C)(=O)OC[C@H]4O[C@@H](n5cnc6c(=O)[nH]c(N)nc65)C(O)[C@H]4OP(C)(=O)OC[C@H]3O[C@H]2n2cnc3c(=O)[nH]c(N)nc32)cc1. The smallest absolute Gasteiger partial charge is 0.407 e. The lowest BCUT2D eigenvalue weighted by Gasteiger charge is -2.30. The standard InChI is InChI=1S/C50H63N13O18P2/c1-24(2)29(18-28(64)9-7-6-8-16-61-33(66)14-15-34(61)67)43(69)55-25(3)30(65)17-26-10-12-27(13-11-26)19-75-50(72)56-35-39-31(78-46(35)62-22-53-36-41(62)57-48(51)59-44(36)70)20-76-83(5,74)81-40-32(21-77-82(4,73)80-39)79-47(38(40)68)63-23-54-37-42(63)58-49(52)60-45(37)71/h10-15,22-25,29,31-32,35,38-40,46-47,68H,6-9,16-21H2,1-5H3,(H,55,69)(H,56,72)(H3,51,57,59,70)(H3,52,58,60,71)/t25-,29-,31+,32+,35?,38?,39-,40-,46+,47+,82?,83?/m0/s1. The molecule has 0 spiro atoms. The number of aliphatic hydroxyl groups is 1. The zero-order chi connectivity index (χ0) is 59.7. The summed E-state index contributed by atoms with van der Waals surface area (Å²) in [6.45, 7) is 6.16. The molecule has 31 nitrogen and oxygen atoms in total. The average molecular weight is 1200 g/mol. The minimum absolute atomic E-state index is 0.00950. The quantitative estimate of drug-likeness (QED) is 0.0351. The van der Waals surface area contributed by atoms with Crippen LogP contribution >= 0.6 is 15.2 Å². The molecular weight excluding hydrogens is 1130 g/mol. The van der Waals surface area contributed by atoms with Crippen LogP contribution in [0.15, 0.2) is 58.7 Å². The van der Waals surface area contributed by atoms with E-state index in [4.69, 9.17) is 43.8 Å². The van der Waals surface area contributed by atoms with E-state index in [2.05, 4.69) is 40.5 Å². The lowest BCUT2D eigenvalue weighted by molar-refractivity contribution is -0.137. The van der Waals surface area contributed by atoms with Crippen molar-refractivity contribution >= 4 is 84.8 Å². The molecule has 3 saturated heterocycles. The van der Waals surface area contributed by atoms with Crippen molar-refractivity contribution in [3.8, 4) is 0 Å². The number of hydrogen-bond donors (Lipinski definition) is 7. The van der Waals surface area contributed by atoms with Crippen molar-refractivity contribution in [3.63, 3.8) is 0 Å². The Morgan fingerprint density at radius 2 is 1.33 bits per heavy atom. The van der Waals surface area contributed by atoms with Gasteiger partial charge in [0.25, 0.3) is 22.9 Å². The van der Waals surface area contributed by atoms with Gasteiger partial charge in [-0.2, -0.15) is 9.97 Å². The number of Topliss-reactive ketones (excluding diaryl/α,β-unsaturated/α-hetero) is 2. The summed E-state index contributed by atoms with van der Waals surface area (Å²) in [6.07, 6.45) is -4.46. The summed E-state index contributed by atoms with van der Waals surface area (Å²) in [5, 5.41) is 17.1. The number of nitrogens with one attached hydrogen (secondary N) is 4. The van der Waals surface area contributed by atoms with Gasteiger partial charge in [-0.3, -0.25) is 71.2 Å². The van der Waals surface area contributed by atoms with E-state index in [0.717, 1.165) is 18.2 Å². The van der Waals surface area contributed by atoms with Crippen LogP contribution in [0.5, 0.6) is 0 Å². The third kappa shape index (κ3) is 13.9. The van der Waals surface area contributed by atoms with Gasteiger partial charge in [-0.25, -0.2) is 14.8 Å². The molecule has 8 heterocycles. The predicted octanol–water partition coefficient (Wildman–Crippen LogP) is 1.66. The molecule has 0 aliphatic carbocycles. The van der Waals surface area contributed by atoms with Crippen molar-refractivity contribution in [1.29, 1.82) is 0 Å². The van der Waals surface area contributed by atoms with Gasteiger partial charge < -0.3 is 55.0 Å². The number of aliphatic hydroxyl groups excluding tert-OH is 1. The highest BCUT2D eigenvalue weighted by Crippen LogP contribution is 2.54. The molecule has 0 bridgehead atoms. The van der Waals surface area contributed by atoms with Crippen molar-refractivity contribution in [2.24, 2.45) is 11.8 Å². The van der Waals surface area contributed by atoms with E-state index in [0.29, 0.717) is 30.4 Å². The van der Waals surface area contributed by atoms with Crippen LogP contribution in [0, 0.1) is 11.8 Å². The number of anilines is 2. The number of nitrogens with two attached hydrogens (primary N) is 2. The molecule has 0 saturated carbocycles. The van der Waals surface area contributed by atoms with Gasteiger partial charge in [0.2, 0.25) is 17.8 Å². The van der Waals surface area contributed by atoms with Gasteiger partial charge in [0.15, 0.2) is 40.6 Å². The molecule has 4 unspecified atom stereocenters. The number of rotatable bonds is 19. The van der Waals surface area contributed by atoms with Gasteiger partial charge in [-0.1, -0.05) is 44.5 Å². The number of imidazole rings is 2. The Bertz CT molecular complexity index is 3550. The fourth-order valence-corrected chi connectivity index (χ4v) is 12.4. The first-order valence-electron chi connectivity index (χ1n) is 26.5. The first-order chi connectivity index (χ1) is 39.3. The van der Waals surface area contributed by atoms with E-state index < -0.39 is 113 Å². The number of ether oxygens (including phenoxy) is 3. The number of carbonyl (C=O) groups is 6. The average Bonchev–Trinajstić information content (AvgIpc) is 3.74. The normalized spacial score (nSPS) is 27.2. The first kappa shape index (κ1) is 60.3. The predicted molar refractivity (Wildman–Crippen MR) is 290 cm³/mol. The number of benzene rings is 1. The van der Waals surface area contributed by atoms with Crippen LogP contribution in [0.1, 0.15) is 76.5 Å². The summed E-state index contributed by atoms with van der Waals surface area (Å²) in [5.41, 5.74) is 11.0. The number of aromatic nitrogens is 8. The minimum atomic E-state index is -4.30. The Balaban J connectivity index is 0.835. The van der Waals surface area contributed by atoms with Crippen molar-refractivity contribution in [1.82, 2.24) is 54.6 Å². The van der Waals surface area contributed by atoms with E-state index in [9.17, 15) is 52.6 Å². The van der Waals surface area contributed by atoms with Gasteiger partial charge in [-0.15, -0.1) is 0 Å². The van der Waals surface area contributed by atoms with Crippen molar-refractivity contribution in [2.75, 3.05) is 44.6 Å². The largest absolute Gasteiger partial charge is 0.445 e. The molecule has 83 heavy (non-hydrogen) atoms. The van der Waals surface area contributed by atoms with Gasteiger partial charge in [0.05, 0.1) is 31.9 Å². The number of amides is 4. The van der Waals surface area contributed by atoms with E-state index in [1.165, 1.54) is 33.9 Å². The van der Waals surface area contributed by atoms with Gasteiger partial charge >= 0.3 is 21.3 Å². The van der Waals surface area contributed by atoms with Gasteiger partial charge in [0, 0.05) is 57.2 Å². The zero-order valence-corrected chi connectivity index (χ0v) is 47.4. The third-order valence-electron chi connectivity index (χ3n) is 14.4. The number of nitrogen functional groups attached to an aromatic ring is 2. The van der Waals surface area contributed by atoms with Crippen LogP contribution in [0.4, 0.5) is 16.7 Å². The molecule has 1 aromatic carbocycles. The van der Waals surface area contributed by atoms with Crippen LogP contribution in [0.3, 0.4) is 0 Å². The number of fused-ring (bicyclic) bond motifs is 4. The molecule has 4 aliphatic rings. The monoisotopic (exact) mass is 1200 g/mol. The number of hydrogen-bond acceptors (Lipinski definition) is 24. The molecule has 3 fully saturated rings. The number of nitrogens with zero attached hydrogens (tertiary/aromatic N) is 7. The Hall–Kier alpha value is -7.34. The molecule has 9 N–H and O–H groups in total. The molecule has 12 atom stereocenters. The topological polar surface area (TPSA) is 428 Å². The summed E-state index contributed by atoms with van der Waals surface area (Å²) < 4.78 is 73.1. The van der Waals surface area contributed by atoms with Crippen molar-refractivity contribution in [3.05, 3.63) is 80.9 Å². The van der Waals surface area contributed by atoms with Gasteiger partial charge in [0.1, 0.15) is 49.0 Å². The number of H-pyrrole nitrogens is 2. The lowest BCUT2D eigenvalue weighted by atomic mass is 9.88. The summed E-state index contributed by atoms with van der Waals surface area (Å²) >= 11 is 0. The third-order valence-corrected chi connectivity index (χ3v) is 16.9. The fraction of sp³-hybridized carbons (Fsp3) is 0.520. The highest BCUT2D eigenvalue weighted by Gasteiger charge is 2.54. The Kier molecular flexibility index (Phi) is 18.0. The number of aromatic amines is 2. The Labute approximate surface area is 471 Å². The van der Waals surface area contributed by atoms with Crippen LogP contribution in [-0.4, -0.2) is 160 Å². The molecule has 4 aromatic heterocycles. The maximum Gasteiger partial charge on any atom is 0.407 e. The number of carbonyl (C=O) groups excluding carboxylic acids is 6. The second-order valence-electron chi connectivity index (χ2n) is 20.9. The van der Waals surface area contributed by atoms with Crippen molar-refractivity contribution in [2.45, 2.75) is 121 Å². The maximum atomic E-state index is 14.4. The van der Waals surface area contributed by atoms with Crippen LogP contribution < -0.4 is 33.2 Å². The summed E-state index contributed by atoms with van der Waals surface area (Å²) in [6, 6.07) is 4.25. The van der Waals surface area contributed by atoms with Crippen LogP contribution in [0.25, 0.3) is 22.3 Å². The molecule has 0 radical (unpaired) electrons. The molecule has 9 rings (SSSR count). The highest BCUT2D eigenvalue weighted by atomic mass is 31.2. The minimum Gasteiger partial charge on any atom is -0.445 e. The van der Waals surface area contributed by atoms with Crippen molar-refractivity contribution < 1.29 is 75.3 Å². The summed E-state index contributed by atoms with van der Waals surface area (Å²) in [5.74, 6) is -2.97. The fourth-order valence-electron chi connectivity index (χ4n) is 10.0. The second kappa shape index (κ2) is 24.9. The molecule has 5 aromatic rings. The molecule has 4 aliphatic heterocycles. The maximum absolute atomic E-state index is 14.4. The molecule has 446 valence electrons. The number of ketones is 2. The van der Waals surface area contributed by atoms with Crippen LogP contribution in [-0.2, 0) is 78.4 Å². The van der Waals surface area contributed by atoms with E-state index in [-0.39, 0.29) is 95.9 Å². The van der Waals surface area contributed by atoms with Crippen LogP contribution in [0.2, 0.25) is 0 Å². The lowest BCUT2D eigenvalue weighted by Crippen LogP contribution is -2.48. The van der Waals surface area contributed by atoms with E-state index in [1.807, 2.05) is 13.8 Å². The number of alkyl carbamates (subject to hydrolysis) is 1. The highest BCUT2D eigenvalue weighted by molar-refractivity contribution is 7.53. The molecule has 4 amide bonds. The zero-order valence-electron chi connectivity index (χ0n) is 45.6. The number of imide groups is 1. The summed E-state index contributed by atoms with van der Waals surface area (Å²) in [7, 11) is -8.54. The van der Waals surface area contributed by atoms with Gasteiger partial charge in [-0.05, 0) is 36.8 Å². The molecular formula is C50H63N13O18P2. The van der Waals surface area contributed by atoms with E-state index >= 15 is 0 Å².